The number of aromatic nitrogens is 2. The predicted molar refractivity (Wildman–Crippen MR) is 187 cm³/mol. The van der Waals surface area contributed by atoms with E-state index in [2.05, 4.69) is 10.3 Å². The fourth-order valence-electron chi connectivity index (χ4n) is 5.36. The second kappa shape index (κ2) is 17.0. The number of hydrogen-bond donors (Lipinski definition) is 2. The second-order valence-corrected chi connectivity index (χ2v) is 12.3. The summed E-state index contributed by atoms with van der Waals surface area (Å²) in [6, 6.07) is 20.9. The first-order valence-electron chi connectivity index (χ1n) is 15.9. The number of carbonyl (C=O) groups excluding carboxylic acids is 1. The Bertz CT molecular complexity index is 1960. The summed E-state index contributed by atoms with van der Waals surface area (Å²) in [6.07, 6.45) is -10.2. The zero-order valence-corrected chi connectivity index (χ0v) is 28.8. The molecular weight excluding hydrogens is 733 g/mol. The lowest BCUT2D eigenvalue weighted by atomic mass is 10.0. The fraction of sp³-hybridized carbons (Fsp3) is 0.243. The lowest BCUT2D eigenvalue weighted by Crippen LogP contribution is -2.27. The molecule has 15 heteroatoms. The molecule has 1 heterocycles. The van der Waals surface area contributed by atoms with Gasteiger partial charge in [0.25, 0.3) is 5.91 Å². The van der Waals surface area contributed by atoms with Crippen LogP contribution in [0.1, 0.15) is 27.0 Å². The average Bonchev–Trinajstić information content (AvgIpc) is 3.47. The van der Waals surface area contributed by atoms with Crippen LogP contribution in [0, 0.1) is 0 Å². The fourth-order valence-corrected chi connectivity index (χ4v) is 5.61. The molecule has 5 aromatic rings. The molecule has 0 fully saturated rings. The molecule has 5 rings (SSSR count). The number of nitrogens with one attached hydrogen (secondary N) is 1. The summed E-state index contributed by atoms with van der Waals surface area (Å²) in [6.45, 7) is 1.97. The van der Waals surface area contributed by atoms with E-state index in [0.717, 1.165) is 6.07 Å². The van der Waals surface area contributed by atoms with Gasteiger partial charge in [0.15, 0.2) is 0 Å². The molecule has 0 aliphatic heterocycles. The summed E-state index contributed by atoms with van der Waals surface area (Å²) in [4.78, 5) is 17.5. The number of ether oxygens (including phenoxy) is 2. The summed E-state index contributed by atoms with van der Waals surface area (Å²) in [5.74, 6) is -0.601. The molecule has 1 amide bonds. The van der Waals surface area contributed by atoms with Gasteiger partial charge in [-0.15, -0.1) is 0 Å². The number of carbonyl (C=O) groups is 1. The van der Waals surface area contributed by atoms with Gasteiger partial charge in [0.05, 0.1) is 48.9 Å². The van der Waals surface area contributed by atoms with Crippen LogP contribution in [-0.4, -0.2) is 55.0 Å². The number of nitrogens with two attached hydrogens (primary N) is 1. The zero-order chi connectivity index (χ0) is 37.5. The van der Waals surface area contributed by atoms with Crippen LogP contribution in [-0.2, 0) is 28.4 Å². The summed E-state index contributed by atoms with van der Waals surface area (Å²) in [5, 5.41) is 3.56. The molecule has 0 spiro atoms. The smallest absolute Gasteiger partial charge is 0.378 e. The first kappa shape index (κ1) is 38.8. The Morgan fingerprint density at radius 3 is 1.92 bits per heavy atom. The van der Waals surface area contributed by atoms with Gasteiger partial charge < -0.3 is 25.1 Å². The largest absolute Gasteiger partial charge is 0.417 e. The highest BCUT2D eigenvalue weighted by molar-refractivity contribution is 6.31. The molecule has 0 aliphatic rings. The topological polar surface area (TPSA) is 91.4 Å². The molecule has 274 valence electrons. The van der Waals surface area contributed by atoms with Crippen molar-refractivity contribution in [2.45, 2.75) is 18.9 Å². The van der Waals surface area contributed by atoms with Gasteiger partial charge in [-0.2, -0.15) is 26.3 Å². The summed E-state index contributed by atoms with van der Waals surface area (Å²) < 4.78 is 96.6. The SMILES string of the molecule is NCCOCCOCCNC(=O)c1ccc(Cn2c(-c3ccc(C(F)(F)F)cc3C(F)(F)F)nc(-c3ccc(Cl)cc3)c2-c2ccc(Cl)cc2)cc1. The molecule has 4 aromatic carbocycles. The Kier molecular flexibility index (Phi) is 12.7. The molecule has 0 unspecified atom stereocenters. The highest BCUT2D eigenvalue weighted by atomic mass is 35.5. The maximum atomic E-state index is 14.5. The first-order valence-corrected chi connectivity index (χ1v) is 16.7. The molecular formula is C37H32Cl2F6N4O3. The summed E-state index contributed by atoms with van der Waals surface area (Å²) in [5.41, 5.74) is 4.39. The van der Waals surface area contributed by atoms with E-state index >= 15 is 0 Å². The van der Waals surface area contributed by atoms with Gasteiger partial charge >= 0.3 is 12.4 Å². The quantitative estimate of drug-likeness (QED) is 0.0871. The van der Waals surface area contributed by atoms with Crippen molar-refractivity contribution in [2.24, 2.45) is 5.73 Å². The molecule has 0 radical (unpaired) electrons. The Morgan fingerprint density at radius 2 is 1.35 bits per heavy atom. The molecule has 52 heavy (non-hydrogen) atoms. The predicted octanol–water partition coefficient (Wildman–Crippen LogP) is 9.00. The Labute approximate surface area is 305 Å². The monoisotopic (exact) mass is 764 g/mol. The van der Waals surface area contributed by atoms with Gasteiger partial charge in [-0.3, -0.25) is 4.79 Å². The number of alkyl halides is 6. The minimum atomic E-state index is -5.16. The van der Waals surface area contributed by atoms with E-state index in [1.54, 1.807) is 72.8 Å². The van der Waals surface area contributed by atoms with E-state index in [9.17, 15) is 31.1 Å². The van der Waals surface area contributed by atoms with Crippen molar-refractivity contribution in [1.29, 1.82) is 0 Å². The third-order valence-corrected chi connectivity index (χ3v) is 8.32. The summed E-state index contributed by atoms with van der Waals surface area (Å²) in [7, 11) is 0. The minimum absolute atomic E-state index is 0.0752. The van der Waals surface area contributed by atoms with Crippen LogP contribution < -0.4 is 11.1 Å². The molecule has 0 saturated carbocycles. The highest BCUT2D eigenvalue weighted by Crippen LogP contribution is 2.44. The molecule has 0 atom stereocenters. The van der Waals surface area contributed by atoms with E-state index < -0.39 is 29.0 Å². The van der Waals surface area contributed by atoms with Gasteiger partial charge in [-0.25, -0.2) is 4.98 Å². The van der Waals surface area contributed by atoms with Crippen LogP contribution in [0.3, 0.4) is 0 Å². The molecule has 1 aromatic heterocycles. The van der Waals surface area contributed by atoms with E-state index in [1.165, 1.54) is 4.57 Å². The minimum Gasteiger partial charge on any atom is -0.378 e. The van der Waals surface area contributed by atoms with Crippen molar-refractivity contribution in [1.82, 2.24) is 14.9 Å². The van der Waals surface area contributed by atoms with E-state index in [1.807, 2.05) is 0 Å². The number of imidazole rings is 1. The average molecular weight is 766 g/mol. The van der Waals surface area contributed by atoms with Crippen LogP contribution in [0.5, 0.6) is 0 Å². The lowest BCUT2D eigenvalue weighted by molar-refractivity contribution is -0.142. The van der Waals surface area contributed by atoms with E-state index in [4.69, 9.17) is 38.4 Å². The highest BCUT2D eigenvalue weighted by Gasteiger charge is 2.39. The Morgan fingerprint density at radius 1 is 0.750 bits per heavy atom. The second-order valence-electron chi connectivity index (χ2n) is 11.5. The number of benzene rings is 4. The first-order chi connectivity index (χ1) is 24.8. The van der Waals surface area contributed by atoms with E-state index in [-0.39, 0.29) is 43.2 Å². The molecule has 3 N–H and O–H groups in total. The molecule has 7 nitrogen and oxygen atoms in total. The number of halogens is 8. The van der Waals surface area contributed by atoms with Gasteiger partial charge in [-0.05, 0) is 54.1 Å². The van der Waals surface area contributed by atoms with E-state index in [0.29, 0.717) is 70.4 Å². The third kappa shape index (κ3) is 9.72. The molecule has 0 bridgehead atoms. The van der Waals surface area contributed by atoms with Crippen LogP contribution in [0.4, 0.5) is 26.3 Å². The maximum Gasteiger partial charge on any atom is 0.417 e. The molecule has 0 aliphatic carbocycles. The van der Waals surface area contributed by atoms with Gasteiger partial charge in [0.2, 0.25) is 0 Å². The van der Waals surface area contributed by atoms with Crippen molar-refractivity contribution in [3.63, 3.8) is 0 Å². The lowest BCUT2D eigenvalue weighted by Gasteiger charge is -2.18. The van der Waals surface area contributed by atoms with Gasteiger partial charge in [0.1, 0.15) is 5.82 Å². The number of hydrogen-bond acceptors (Lipinski definition) is 5. The number of nitrogens with zero attached hydrogens (tertiary/aromatic N) is 2. The van der Waals surface area contributed by atoms with Crippen molar-refractivity contribution >= 4 is 29.1 Å². The van der Waals surface area contributed by atoms with Gasteiger partial charge in [-0.1, -0.05) is 65.7 Å². The Hall–Kier alpha value is -4.40. The zero-order valence-electron chi connectivity index (χ0n) is 27.3. The standard InChI is InChI=1S/C37H32Cl2F6N4O3/c38-28-10-5-24(6-11-28)32-33(25-7-12-29(39)13-8-25)49(34(48-32)30-14-9-27(36(40,41)42)21-31(30)37(43,44)45)22-23-1-3-26(4-2-23)35(50)47-16-18-52-20-19-51-17-15-46/h1-14,21H,15-20,22,46H2,(H,47,50). The van der Waals surface area contributed by atoms with Crippen molar-refractivity contribution in [2.75, 3.05) is 39.5 Å². The molecule has 0 saturated heterocycles. The van der Waals surface area contributed by atoms with Gasteiger partial charge in [0, 0.05) is 51.9 Å². The van der Waals surface area contributed by atoms with Crippen LogP contribution in [0.15, 0.2) is 91.0 Å². The third-order valence-electron chi connectivity index (χ3n) is 7.82. The maximum absolute atomic E-state index is 14.5. The Balaban J connectivity index is 1.56. The number of rotatable bonds is 14. The normalized spacial score (nSPS) is 11.9. The van der Waals surface area contributed by atoms with Crippen LogP contribution >= 0.6 is 23.2 Å². The van der Waals surface area contributed by atoms with Crippen molar-refractivity contribution < 1.29 is 40.6 Å². The van der Waals surface area contributed by atoms with Crippen LogP contribution in [0.2, 0.25) is 10.0 Å². The van der Waals surface area contributed by atoms with Crippen molar-refractivity contribution in [3.05, 3.63) is 123 Å². The summed E-state index contributed by atoms with van der Waals surface area (Å²) >= 11 is 12.3. The van der Waals surface area contributed by atoms with Crippen LogP contribution in [0.25, 0.3) is 33.9 Å². The van der Waals surface area contributed by atoms with Crippen molar-refractivity contribution in [3.8, 4) is 33.9 Å². The number of amides is 1.